The van der Waals surface area contributed by atoms with Crippen molar-refractivity contribution in [2.75, 3.05) is 20.3 Å². The third kappa shape index (κ3) is 3.29. The molecule has 1 saturated carbocycles. The number of aromatic nitrogens is 1. The van der Waals surface area contributed by atoms with E-state index in [0.717, 1.165) is 12.8 Å². The van der Waals surface area contributed by atoms with E-state index in [-0.39, 0.29) is 17.5 Å². The first-order chi connectivity index (χ1) is 9.15. The van der Waals surface area contributed by atoms with Crippen molar-refractivity contribution in [2.45, 2.75) is 25.8 Å². The second kappa shape index (κ2) is 6.10. The van der Waals surface area contributed by atoms with Crippen LogP contribution in [0.2, 0.25) is 0 Å². The van der Waals surface area contributed by atoms with Crippen LogP contribution in [0.4, 0.5) is 4.39 Å². The van der Waals surface area contributed by atoms with E-state index in [1.54, 1.807) is 18.1 Å². The zero-order chi connectivity index (χ0) is 13.8. The SMILES string of the molecule is COCCN(C(=O)c1cccnc1F)C(C)C1CC1. The fourth-order valence-corrected chi connectivity index (χ4v) is 2.21. The predicted molar refractivity (Wildman–Crippen MR) is 69.3 cm³/mol. The van der Waals surface area contributed by atoms with Gasteiger partial charge in [0.15, 0.2) is 0 Å². The first-order valence-corrected chi connectivity index (χ1v) is 6.55. The van der Waals surface area contributed by atoms with Crippen molar-refractivity contribution in [3.63, 3.8) is 0 Å². The highest BCUT2D eigenvalue weighted by Crippen LogP contribution is 2.35. The first kappa shape index (κ1) is 13.9. The topological polar surface area (TPSA) is 42.4 Å². The molecule has 5 heteroatoms. The molecule has 0 spiro atoms. The normalized spacial score (nSPS) is 16.2. The zero-order valence-corrected chi connectivity index (χ0v) is 11.3. The lowest BCUT2D eigenvalue weighted by Gasteiger charge is -2.29. The van der Waals surface area contributed by atoms with E-state index < -0.39 is 5.95 Å². The molecule has 1 aromatic rings. The van der Waals surface area contributed by atoms with Crippen molar-refractivity contribution in [1.82, 2.24) is 9.88 Å². The minimum Gasteiger partial charge on any atom is -0.383 e. The summed E-state index contributed by atoms with van der Waals surface area (Å²) in [7, 11) is 1.59. The molecule has 1 unspecified atom stereocenters. The second-order valence-corrected chi connectivity index (χ2v) is 4.91. The van der Waals surface area contributed by atoms with Gasteiger partial charge >= 0.3 is 0 Å². The van der Waals surface area contributed by atoms with Crippen LogP contribution in [0.5, 0.6) is 0 Å². The molecule has 0 bridgehead atoms. The number of carbonyl (C=O) groups excluding carboxylic acids is 1. The van der Waals surface area contributed by atoms with Crippen LogP contribution in [-0.4, -0.2) is 42.1 Å². The van der Waals surface area contributed by atoms with Crippen molar-refractivity contribution in [3.8, 4) is 0 Å². The molecule has 1 fully saturated rings. The average Bonchev–Trinajstić information content (AvgIpc) is 3.23. The van der Waals surface area contributed by atoms with Crippen LogP contribution < -0.4 is 0 Å². The molecule has 1 aliphatic carbocycles. The summed E-state index contributed by atoms with van der Waals surface area (Å²) >= 11 is 0. The van der Waals surface area contributed by atoms with Gasteiger partial charge in [-0.3, -0.25) is 4.79 Å². The number of ether oxygens (including phenoxy) is 1. The van der Waals surface area contributed by atoms with Crippen molar-refractivity contribution in [1.29, 1.82) is 0 Å². The Hall–Kier alpha value is -1.49. The van der Waals surface area contributed by atoms with Gasteiger partial charge in [0.05, 0.1) is 12.2 Å². The van der Waals surface area contributed by atoms with Crippen LogP contribution in [0.15, 0.2) is 18.3 Å². The molecular weight excluding hydrogens is 247 g/mol. The minimum atomic E-state index is -0.710. The van der Waals surface area contributed by atoms with Crippen LogP contribution in [-0.2, 0) is 4.74 Å². The molecule has 1 heterocycles. The Morgan fingerprint density at radius 2 is 2.37 bits per heavy atom. The zero-order valence-electron chi connectivity index (χ0n) is 11.3. The summed E-state index contributed by atoms with van der Waals surface area (Å²) in [6, 6.07) is 3.17. The summed E-state index contributed by atoms with van der Waals surface area (Å²) in [5, 5.41) is 0. The molecule has 1 aliphatic rings. The van der Waals surface area contributed by atoms with Gasteiger partial charge in [-0.15, -0.1) is 0 Å². The van der Waals surface area contributed by atoms with E-state index in [9.17, 15) is 9.18 Å². The van der Waals surface area contributed by atoms with Crippen LogP contribution in [0, 0.1) is 11.9 Å². The molecule has 19 heavy (non-hydrogen) atoms. The van der Waals surface area contributed by atoms with Gasteiger partial charge in [-0.1, -0.05) is 0 Å². The van der Waals surface area contributed by atoms with Gasteiger partial charge in [0.2, 0.25) is 5.95 Å². The van der Waals surface area contributed by atoms with Gasteiger partial charge in [0.25, 0.3) is 5.91 Å². The molecule has 1 atom stereocenters. The predicted octanol–water partition coefficient (Wildman–Crippen LogP) is 2.11. The Morgan fingerprint density at radius 3 is 2.95 bits per heavy atom. The number of hydrogen-bond acceptors (Lipinski definition) is 3. The molecule has 4 nitrogen and oxygen atoms in total. The Labute approximate surface area is 112 Å². The summed E-state index contributed by atoms with van der Waals surface area (Å²) in [5.41, 5.74) is 0.0334. The number of halogens is 1. The second-order valence-electron chi connectivity index (χ2n) is 4.91. The maximum atomic E-state index is 13.6. The molecule has 1 aromatic heterocycles. The van der Waals surface area contributed by atoms with Gasteiger partial charge in [0.1, 0.15) is 0 Å². The number of methoxy groups -OCH3 is 1. The number of nitrogens with zero attached hydrogens (tertiary/aromatic N) is 2. The number of carbonyl (C=O) groups is 1. The van der Waals surface area contributed by atoms with Gasteiger partial charge < -0.3 is 9.64 Å². The fourth-order valence-electron chi connectivity index (χ4n) is 2.21. The van der Waals surface area contributed by atoms with Crippen LogP contribution in [0.3, 0.4) is 0 Å². The standard InChI is InChI=1S/C14H19FN2O2/c1-10(11-5-6-11)17(8-9-19-2)14(18)12-4-3-7-16-13(12)15/h3-4,7,10-11H,5-6,8-9H2,1-2H3. The molecule has 0 N–H and O–H groups in total. The third-order valence-corrected chi connectivity index (χ3v) is 3.58. The quantitative estimate of drug-likeness (QED) is 0.741. The fraction of sp³-hybridized carbons (Fsp3) is 0.571. The van der Waals surface area contributed by atoms with Gasteiger partial charge in [-0.05, 0) is 37.8 Å². The van der Waals surface area contributed by atoms with E-state index in [1.807, 2.05) is 6.92 Å². The van der Waals surface area contributed by atoms with Crippen molar-refractivity contribution >= 4 is 5.91 Å². The first-order valence-electron chi connectivity index (χ1n) is 6.55. The Bertz CT molecular complexity index is 449. The highest BCUT2D eigenvalue weighted by atomic mass is 19.1. The summed E-state index contributed by atoms with van der Waals surface area (Å²) in [6.07, 6.45) is 3.61. The van der Waals surface area contributed by atoms with Gasteiger partial charge in [-0.2, -0.15) is 4.39 Å². The lowest BCUT2D eigenvalue weighted by atomic mass is 10.1. The molecule has 104 valence electrons. The minimum absolute atomic E-state index is 0.0334. The lowest BCUT2D eigenvalue weighted by Crippen LogP contribution is -2.42. The smallest absolute Gasteiger partial charge is 0.258 e. The number of hydrogen-bond donors (Lipinski definition) is 0. The Balaban J connectivity index is 2.17. The molecule has 0 aromatic carbocycles. The molecule has 0 saturated heterocycles. The van der Waals surface area contributed by atoms with Crippen molar-refractivity contribution in [3.05, 3.63) is 29.8 Å². The van der Waals surface area contributed by atoms with E-state index in [1.165, 1.54) is 12.3 Å². The van der Waals surface area contributed by atoms with E-state index in [4.69, 9.17) is 4.74 Å². The van der Waals surface area contributed by atoms with Crippen LogP contribution >= 0.6 is 0 Å². The largest absolute Gasteiger partial charge is 0.383 e. The summed E-state index contributed by atoms with van der Waals surface area (Å²) < 4.78 is 18.6. The van der Waals surface area contributed by atoms with Crippen LogP contribution in [0.1, 0.15) is 30.1 Å². The monoisotopic (exact) mass is 266 g/mol. The molecule has 1 amide bonds. The van der Waals surface area contributed by atoms with Gasteiger partial charge in [-0.25, -0.2) is 4.98 Å². The number of amides is 1. The van der Waals surface area contributed by atoms with Gasteiger partial charge in [0, 0.05) is 25.9 Å². The lowest BCUT2D eigenvalue weighted by molar-refractivity contribution is 0.0589. The van der Waals surface area contributed by atoms with Crippen LogP contribution in [0.25, 0.3) is 0 Å². The van der Waals surface area contributed by atoms with E-state index in [0.29, 0.717) is 19.1 Å². The summed E-state index contributed by atoms with van der Waals surface area (Å²) in [6.45, 7) is 2.94. The average molecular weight is 266 g/mol. The number of pyridine rings is 1. The van der Waals surface area contributed by atoms with Crippen molar-refractivity contribution in [2.24, 2.45) is 5.92 Å². The number of rotatable bonds is 6. The molecule has 2 rings (SSSR count). The molecule has 0 aliphatic heterocycles. The highest BCUT2D eigenvalue weighted by molar-refractivity contribution is 5.94. The summed E-state index contributed by atoms with van der Waals surface area (Å²) in [5.74, 6) is -0.486. The maximum Gasteiger partial charge on any atom is 0.258 e. The summed E-state index contributed by atoms with van der Waals surface area (Å²) in [4.78, 5) is 17.7. The van der Waals surface area contributed by atoms with Crippen molar-refractivity contribution < 1.29 is 13.9 Å². The molecule has 0 radical (unpaired) electrons. The highest BCUT2D eigenvalue weighted by Gasteiger charge is 2.35. The van der Waals surface area contributed by atoms with E-state index in [2.05, 4.69) is 4.98 Å². The Morgan fingerprint density at radius 1 is 1.63 bits per heavy atom. The van der Waals surface area contributed by atoms with E-state index >= 15 is 0 Å². The Kier molecular flexibility index (Phi) is 4.47. The molecular formula is C14H19FN2O2. The third-order valence-electron chi connectivity index (χ3n) is 3.58. The maximum absolute atomic E-state index is 13.6.